The van der Waals surface area contributed by atoms with Gasteiger partial charge in [0.05, 0.1) is 0 Å². The number of hydrogen-bond donors (Lipinski definition) is 1. The number of carbonyl (C=O) groups excluding carboxylic acids is 1. The normalized spacial score (nSPS) is 8.79. The van der Waals surface area contributed by atoms with Crippen LogP contribution in [0, 0.1) is 7.05 Å². The number of amides is 1. The van der Waals surface area contributed by atoms with Gasteiger partial charge in [-0.15, -0.1) is 0 Å². The molecule has 0 saturated heterocycles. The van der Waals surface area contributed by atoms with Crippen LogP contribution >= 0.6 is 0 Å². The van der Waals surface area contributed by atoms with Crippen LogP contribution in [0.1, 0.15) is 20.8 Å². The predicted octanol–water partition coefficient (Wildman–Crippen LogP) is -0.814. The van der Waals surface area contributed by atoms with Crippen LogP contribution in [0.15, 0.2) is 0 Å². The average Bonchev–Trinajstić information content (AvgIpc) is 1.82. The zero-order chi connectivity index (χ0) is 11.1. The number of hydrogen-bond acceptors (Lipinski definition) is 2. The molecular formula is C6H12BF3KNO2. The van der Waals surface area contributed by atoms with E-state index >= 15 is 0 Å². The van der Waals surface area contributed by atoms with Crippen LogP contribution in [0.25, 0.3) is 0 Å². The molecule has 0 atom stereocenters. The Morgan fingerprint density at radius 2 is 1.64 bits per heavy atom. The molecule has 0 spiro atoms. The van der Waals surface area contributed by atoms with Gasteiger partial charge in [-0.05, 0) is 20.8 Å². The average molecular weight is 237 g/mol. The van der Waals surface area contributed by atoms with Crippen molar-refractivity contribution in [1.29, 1.82) is 0 Å². The Hall–Kier alpha value is 0.761. The molecule has 78 valence electrons. The Morgan fingerprint density at radius 3 is 1.71 bits per heavy atom. The summed E-state index contributed by atoms with van der Waals surface area (Å²) in [5.41, 5.74) is -0.429. The zero-order valence-corrected chi connectivity index (χ0v) is 11.9. The van der Waals surface area contributed by atoms with Crippen LogP contribution in [0.2, 0.25) is 0 Å². The molecule has 0 radical (unpaired) electrons. The van der Waals surface area contributed by atoms with Crippen molar-refractivity contribution in [3.05, 3.63) is 7.05 Å². The van der Waals surface area contributed by atoms with E-state index in [1.54, 1.807) is 20.8 Å². The van der Waals surface area contributed by atoms with Crippen molar-refractivity contribution in [2.45, 2.75) is 26.4 Å². The number of ether oxygens (including phenoxy) is 1. The monoisotopic (exact) mass is 237 g/mol. The third-order valence-corrected chi connectivity index (χ3v) is 0.543. The molecule has 0 aliphatic carbocycles. The Labute approximate surface area is 125 Å². The van der Waals surface area contributed by atoms with Crippen molar-refractivity contribution in [3.8, 4) is 0 Å². The summed E-state index contributed by atoms with van der Waals surface area (Å²) in [7, 11) is -0.521. The minimum absolute atomic E-state index is 0. The van der Waals surface area contributed by atoms with Gasteiger partial charge in [-0.25, -0.2) is 4.79 Å². The molecular weight excluding hydrogens is 225 g/mol. The van der Waals surface area contributed by atoms with Gasteiger partial charge < -0.3 is 10.1 Å². The summed E-state index contributed by atoms with van der Waals surface area (Å²) < 4.78 is 33.8. The van der Waals surface area contributed by atoms with Crippen molar-refractivity contribution in [3.63, 3.8) is 0 Å². The van der Waals surface area contributed by atoms with Crippen LogP contribution in [0.3, 0.4) is 0 Å². The quantitative estimate of drug-likeness (QED) is 0.442. The van der Waals surface area contributed by atoms with Gasteiger partial charge in [0.25, 0.3) is 0 Å². The molecule has 0 aromatic rings. The summed E-state index contributed by atoms with van der Waals surface area (Å²) in [5.74, 6) is 0. The van der Waals surface area contributed by atoms with Gasteiger partial charge in [0.15, 0.2) is 0 Å². The predicted molar refractivity (Wildman–Crippen MR) is 43.8 cm³/mol. The topological polar surface area (TPSA) is 38.3 Å². The van der Waals surface area contributed by atoms with Gasteiger partial charge in [0, 0.05) is 0 Å². The van der Waals surface area contributed by atoms with E-state index in [4.69, 9.17) is 4.74 Å². The van der Waals surface area contributed by atoms with Gasteiger partial charge in [-0.1, -0.05) is 0 Å². The van der Waals surface area contributed by atoms with Crippen LogP contribution in [-0.4, -0.2) is 19.2 Å². The first-order valence-electron chi connectivity index (χ1n) is 3.37. The molecule has 0 fully saturated rings. The number of nitrogens with one attached hydrogen (secondary N) is 1. The summed E-state index contributed by atoms with van der Waals surface area (Å²) >= 11 is 0. The van der Waals surface area contributed by atoms with Gasteiger partial charge in [0.2, 0.25) is 0 Å². The second-order valence-corrected chi connectivity index (χ2v) is 2.93. The largest absolute Gasteiger partial charge is 1.00 e. The minimum Gasteiger partial charge on any atom is -0.473 e. The molecule has 0 saturated carbocycles. The van der Waals surface area contributed by atoms with Crippen molar-refractivity contribution in [2.75, 3.05) is 0 Å². The maximum Gasteiger partial charge on any atom is 1.00 e. The molecule has 0 aliphatic heterocycles. The van der Waals surface area contributed by atoms with E-state index in [9.17, 15) is 17.7 Å². The molecule has 8 heteroatoms. The van der Waals surface area contributed by atoms with Crippen molar-refractivity contribution in [2.24, 2.45) is 0 Å². The Morgan fingerprint density at radius 1 is 1.36 bits per heavy atom. The second kappa shape index (κ2) is 10.3. The zero-order valence-electron chi connectivity index (χ0n) is 8.73. The van der Waals surface area contributed by atoms with E-state index in [1.807, 2.05) is 0 Å². The number of alkyl carbamates (subject to hydrolysis) is 1. The van der Waals surface area contributed by atoms with Gasteiger partial charge in [-0.3, -0.25) is 20.0 Å². The second-order valence-electron chi connectivity index (χ2n) is 2.93. The molecule has 0 rings (SSSR count). The van der Waals surface area contributed by atoms with Crippen LogP contribution < -0.4 is 56.7 Å². The van der Waals surface area contributed by atoms with Crippen LogP contribution in [0.5, 0.6) is 0 Å². The molecule has 0 heterocycles. The van der Waals surface area contributed by atoms with Crippen molar-refractivity contribution < 1.29 is 73.9 Å². The molecule has 0 aliphatic rings. The summed E-state index contributed by atoms with van der Waals surface area (Å²) in [6.07, 6.45) is -0.498. The first-order chi connectivity index (χ1) is 5.69. The fourth-order valence-corrected chi connectivity index (χ4v) is 0.314. The van der Waals surface area contributed by atoms with E-state index in [-0.39, 0.29) is 51.4 Å². The molecule has 14 heavy (non-hydrogen) atoms. The molecule has 1 amide bonds. The maximum absolute atomic E-state index is 10.4. The fraction of sp³-hybridized carbons (Fsp3) is 0.667. The van der Waals surface area contributed by atoms with Crippen molar-refractivity contribution >= 4 is 13.6 Å². The van der Waals surface area contributed by atoms with Crippen LogP contribution in [0.4, 0.5) is 17.7 Å². The maximum atomic E-state index is 10.4. The van der Waals surface area contributed by atoms with E-state index < -0.39 is 19.2 Å². The van der Waals surface area contributed by atoms with E-state index in [1.165, 1.54) is 0 Å². The van der Waals surface area contributed by atoms with Gasteiger partial charge >= 0.3 is 65.0 Å². The third-order valence-electron chi connectivity index (χ3n) is 0.543. The Balaban J connectivity index is -0.000000209. The van der Waals surface area contributed by atoms with Crippen molar-refractivity contribution in [1.82, 2.24) is 5.32 Å². The molecule has 0 unspecified atom stereocenters. The van der Waals surface area contributed by atoms with E-state index in [2.05, 4.69) is 12.4 Å². The molecule has 0 bridgehead atoms. The summed E-state index contributed by atoms with van der Waals surface area (Å²) in [4.78, 5) is 10.4. The fourth-order valence-electron chi connectivity index (χ4n) is 0.314. The smallest absolute Gasteiger partial charge is 0.473 e. The Kier molecular flexibility index (Phi) is 14.8. The van der Waals surface area contributed by atoms with Gasteiger partial charge in [-0.2, -0.15) is 0 Å². The summed E-state index contributed by atoms with van der Waals surface area (Å²) in [6, 6.07) is 0. The number of carbonyl (C=O) groups is 1. The summed E-state index contributed by atoms with van der Waals surface area (Å²) in [6.45, 7) is 5.38. The Bertz CT molecular complexity index is 152. The molecule has 1 N–H and O–H groups in total. The molecule has 0 aromatic carbocycles. The SMILES string of the molecule is FB(F)F.[CH2-]NC(=O)OC(C)(C)C.[K+]. The van der Waals surface area contributed by atoms with E-state index in [0.717, 1.165) is 0 Å². The summed E-state index contributed by atoms with van der Waals surface area (Å²) in [5, 5.41) is 2.11. The molecule has 3 nitrogen and oxygen atoms in total. The first kappa shape index (κ1) is 20.2. The number of halogens is 3. The van der Waals surface area contributed by atoms with Gasteiger partial charge in [0.1, 0.15) is 5.60 Å². The number of rotatable bonds is 0. The third kappa shape index (κ3) is 29.3. The molecule has 0 aromatic heterocycles. The standard InChI is InChI=1S/C6H12NO2.BF3.K/c1-6(2,3)9-5(8)7-4;2-1(3)4;/h4H2,1-3H3,(H,7,8);;/q-1;;+1. The van der Waals surface area contributed by atoms with E-state index in [0.29, 0.717) is 0 Å². The van der Waals surface area contributed by atoms with Crippen LogP contribution in [-0.2, 0) is 4.74 Å². The minimum atomic E-state index is -3.67. The first-order valence-corrected chi connectivity index (χ1v) is 3.37.